The monoisotopic (exact) mass is 374 g/mol. The second-order valence-electron chi connectivity index (χ2n) is 5.68. The van der Waals surface area contributed by atoms with Gasteiger partial charge in [-0.15, -0.1) is 0 Å². The van der Waals surface area contributed by atoms with Gasteiger partial charge in [0.15, 0.2) is 28.8 Å². The minimum Gasteiger partial charge on any atom is -0.493 e. The zero-order valence-corrected chi connectivity index (χ0v) is 15.0. The van der Waals surface area contributed by atoms with Crippen molar-refractivity contribution in [2.75, 3.05) is 28.1 Å². The molecule has 0 spiro atoms. The Kier molecular flexibility index (Phi) is 5.07. The largest absolute Gasteiger partial charge is 0.493 e. The first-order valence-corrected chi connectivity index (χ1v) is 7.97. The molecule has 2 aromatic rings. The van der Waals surface area contributed by atoms with E-state index in [-0.39, 0.29) is 24.3 Å². The van der Waals surface area contributed by atoms with Gasteiger partial charge in [0.05, 0.1) is 27.8 Å². The Hall–Kier alpha value is -3.42. The molecule has 2 aromatic carbocycles. The molecule has 0 amide bonds. The smallest absolute Gasteiger partial charge is 0.307 e. The molecule has 0 aromatic heterocycles. The Morgan fingerprint density at radius 2 is 1.56 bits per heavy atom. The van der Waals surface area contributed by atoms with Crippen LogP contribution in [0.4, 0.5) is 0 Å². The topological polar surface area (TPSA) is 101 Å². The summed E-state index contributed by atoms with van der Waals surface area (Å²) in [5.41, 5.74) is 0.788. The maximum absolute atomic E-state index is 13.1. The van der Waals surface area contributed by atoms with E-state index in [0.717, 1.165) is 0 Å². The van der Waals surface area contributed by atoms with Crippen LogP contribution in [0.2, 0.25) is 0 Å². The molecular weight excluding hydrogens is 356 g/mol. The number of rotatable bonds is 7. The maximum atomic E-state index is 13.1. The second-order valence-corrected chi connectivity index (χ2v) is 5.68. The summed E-state index contributed by atoms with van der Waals surface area (Å²) < 4.78 is 26.4. The van der Waals surface area contributed by atoms with E-state index in [2.05, 4.69) is 0 Å². The molecule has 0 radical (unpaired) electrons. The van der Waals surface area contributed by atoms with E-state index in [0.29, 0.717) is 34.3 Å². The standard InChI is InChI=1S/C19H18O8/c1-23-15-5-11(6-16(24-2)19(15)25-3)18(22)12-8-14-13(26-9-27-14)4-10(12)7-17(20)21/h4-6,8H,7,9H2,1-3H3,(H,20,21). The number of benzene rings is 2. The van der Waals surface area contributed by atoms with Crippen LogP contribution in [0.15, 0.2) is 24.3 Å². The number of methoxy groups -OCH3 is 3. The SMILES string of the molecule is COc1cc(C(=O)c2cc3c(cc2CC(=O)O)OCO3)cc(OC)c1OC. The van der Waals surface area contributed by atoms with Crippen LogP contribution < -0.4 is 23.7 Å². The van der Waals surface area contributed by atoms with Crippen molar-refractivity contribution in [1.82, 2.24) is 0 Å². The van der Waals surface area contributed by atoms with Crippen molar-refractivity contribution in [1.29, 1.82) is 0 Å². The zero-order chi connectivity index (χ0) is 19.6. The summed E-state index contributed by atoms with van der Waals surface area (Å²) in [5.74, 6) is 0.332. The number of carboxylic acids is 1. The highest BCUT2D eigenvalue weighted by molar-refractivity contribution is 6.11. The van der Waals surface area contributed by atoms with E-state index in [4.69, 9.17) is 23.7 Å². The predicted molar refractivity (Wildman–Crippen MR) is 93.4 cm³/mol. The van der Waals surface area contributed by atoms with Gasteiger partial charge in [0.25, 0.3) is 0 Å². The summed E-state index contributed by atoms with van der Waals surface area (Å²) in [6, 6.07) is 6.03. The van der Waals surface area contributed by atoms with Crippen LogP contribution in [-0.2, 0) is 11.2 Å². The molecule has 3 rings (SSSR count). The van der Waals surface area contributed by atoms with Crippen molar-refractivity contribution in [3.63, 3.8) is 0 Å². The number of carboxylic acid groups (broad SMARTS) is 1. The third-order valence-corrected chi connectivity index (χ3v) is 4.11. The van der Waals surface area contributed by atoms with E-state index in [9.17, 15) is 14.7 Å². The first kappa shape index (κ1) is 18.4. The molecule has 0 unspecified atom stereocenters. The van der Waals surface area contributed by atoms with Crippen LogP contribution in [0, 0.1) is 0 Å². The van der Waals surface area contributed by atoms with E-state index < -0.39 is 11.8 Å². The highest BCUT2D eigenvalue weighted by atomic mass is 16.7. The molecule has 0 aliphatic carbocycles. The highest BCUT2D eigenvalue weighted by Gasteiger charge is 2.25. The van der Waals surface area contributed by atoms with E-state index in [1.807, 2.05) is 0 Å². The lowest BCUT2D eigenvalue weighted by Gasteiger charge is -2.15. The molecule has 142 valence electrons. The number of carbonyl (C=O) groups is 2. The van der Waals surface area contributed by atoms with Crippen LogP contribution >= 0.6 is 0 Å². The van der Waals surface area contributed by atoms with Crippen LogP contribution in [0.1, 0.15) is 21.5 Å². The van der Waals surface area contributed by atoms with Gasteiger partial charge >= 0.3 is 5.97 Å². The first-order chi connectivity index (χ1) is 13.0. The molecule has 8 heteroatoms. The summed E-state index contributed by atoms with van der Waals surface area (Å²) in [6.07, 6.45) is -0.331. The molecule has 0 fully saturated rings. The van der Waals surface area contributed by atoms with Gasteiger partial charge in [0.1, 0.15) is 0 Å². The van der Waals surface area contributed by atoms with E-state index in [1.165, 1.54) is 45.6 Å². The Morgan fingerprint density at radius 3 is 2.07 bits per heavy atom. The second kappa shape index (κ2) is 7.45. The summed E-state index contributed by atoms with van der Waals surface area (Å²) >= 11 is 0. The lowest BCUT2D eigenvalue weighted by Crippen LogP contribution is -2.10. The van der Waals surface area contributed by atoms with E-state index >= 15 is 0 Å². The Morgan fingerprint density at radius 1 is 0.963 bits per heavy atom. The number of ether oxygens (including phenoxy) is 5. The van der Waals surface area contributed by atoms with Crippen LogP contribution in [0.25, 0.3) is 0 Å². The van der Waals surface area contributed by atoms with Crippen LogP contribution in [-0.4, -0.2) is 45.0 Å². The van der Waals surface area contributed by atoms with Crippen LogP contribution in [0.3, 0.4) is 0 Å². The van der Waals surface area contributed by atoms with Gasteiger partial charge in [-0.25, -0.2) is 0 Å². The minimum absolute atomic E-state index is 0.0175. The summed E-state index contributed by atoms with van der Waals surface area (Å²) in [4.78, 5) is 24.4. The summed E-state index contributed by atoms with van der Waals surface area (Å²) in [5, 5.41) is 9.18. The molecular formula is C19H18O8. The average molecular weight is 374 g/mol. The number of hydrogen-bond donors (Lipinski definition) is 1. The van der Waals surface area contributed by atoms with Gasteiger partial charge in [0.2, 0.25) is 12.5 Å². The Bertz CT molecular complexity index is 878. The van der Waals surface area contributed by atoms with Crippen LogP contribution in [0.5, 0.6) is 28.7 Å². The van der Waals surface area contributed by atoms with Gasteiger partial charge in [-0.05, 0) is 29.8 Å². The molecule has 0 atom stereocenters. The van der Waals surface area contributed by atoms with Crippen molar-refractivity contribution in [2.24, 2.45) is 0 Å². The molecule has 1 heterocycles. The van der Waals surface area contributed by atoms with Crippen molar-refractivity contribution in [3.8, 4) is 28.7 Å². The molecule has 0 bridgehead atoms. The van der Waals surface area contributed by atoms with Gasteiger partial charge < -0.3 is 28.8 Å². The maximum Gasteiger partial charge on any atom is 0.307 e. The van der Waals surface area contributed by atoms with Crippen molar-refractivity contribution < 1.29 is 38.4 Å². The van der Waals surface area contributed by atoms with Crippen molar-refractivity contribution in [2.45, 2.75) is 6.42 Å². The highest BCUT2D eigenvalue weighted by Crippen LogP contribution is 2.40. The normalized spacial score (nSPS) is 11.8. The molecule has 1 aliphatic heterocycles. The molecule has 0 saturated carbocycles. The summed E-state index contributed by atoms with van der Waals surface area (Å²) in [7, 11) is 4.36. The van der Waals surface area contributed by atoms with E-state index in [1.54, 1.807) is 0 Å². The molecule has 8 nitrogen and oxygen atoms in total. The number of carbonyl (C=O) groups excluding carboxylic acids is 1. The fourth-order valence-electron chi connectivity index (χ4n) is 2.87. The van der Waals surface area contributed by atoms with Crippen molar-refractivity contribution >= 4 is 11.8 Å². The number of fused-ring (bicyclic) bond motifs is 1. The van der Waals surface area contributed by atoms with Gasteiger partial charge in [-0.3, -0.25) is 9.59 Å². The number of ketones is 1. The Labute approximate surface area is 155 Å². The quantitative estimate of drug-likeness (QED) is 0.737. The molecule has 0 saturated heterocycles. The summed E-state index contributed by atoms with van der Waals surface area (Å²) in [6.45, 7) is 0.0175. The lowest BCUT2D eigenvalue weighted by atomic mass is 9.95. The minimum atomic E-state index is -1.06. The van der Waals surface area contributed by atoms with Gasteiger partial charge in [0, 0.05) is 11.1 Å². The fraction of sp³-hybridized carbons (Fsp3) is 0.263. The third kappa shape index (κ3) is 3.46. The molecule has 1 N–H and O–H groups in total. The number of hydrogen-bond acceptors (Lipinski definition) is 7. The Balaban J connectivity index is 2.11. The third-order valence-electron chi connectivity index (χ3n) is 4.11. The van der Waals surface area contributed by atoms with Crippen molar-refractivity contribution in [3.05, 3.63) is 41.0 Å². The van der Waals surface area contributed by atoms with Gasteiger partial charge in [-0.1, -0.05) is 0 Å². The zero-order valence-electron chi connectivity index (χ0n) is 15.0. The number of aliphatic carboxylic acids is 1. The fourth-order valence-corrected chi connectivity index (χ4v) is 2.87. The predicted octanol–water partition coefficient (Wildman–Crippen LogP) is 2.30. The average Bonchev–Trinajstić information content (AvgIpc) is 3.12. The van der Waals surface area contributed by atoms with Gasteiger partial charge in [-0.2, -0.15) is 0 Å². The molecule has 1 aliphatic rings. The molecule has 27 heavy (non-hydrogen) atoms. The first-order valence-electron chi connectivity index (χ1n) is 7.97. The lowest BCUT2D eigenvalue weighted by molar-refractivity contribution is -0.136.